The van der Waals surface area contributed by atoms with Crippen LogP contribution in [0.2, 0.25) is 0 Å². The molecule has 31 heavy (non-hydrogen) atoms. The molecule has 3 N–H and O–H groups in total. The highest BCUT2D eigenvalue weighted by atomic mass is 19.4. The van der Waals surface area contributed by atoms with E-state index in [1.807, 2.05) is 0 Å². The zero-order valence-electron chi connectivity index (χ0n) is 19.8. The van der Waals surface area contributed by atoms with E-state index in [-0.39, 0.29) is 28.9 Å². The topological polar surface area (TPSA) is 46.2 Å². The summed E-state index contributed by atoms with van der Waals surface area (Å²) in [6.45, 7) is 8.28. The molecule has 0 amide bonds. The molecule has 4 rings (SSSR count). The van der Waals surface area contributed by atoms with Crippen molar-refractivity contribution in [3.63, 3.8) is 0 Å². The molecule has 2 nitrogen and oxygen atoms in total. The minimum absolute atomic E-state index is 0.0966. The standard InChI is InChI=1S/C26H42F3NO/c1-16(5-6-17(2)26(27,28)29)20-7-8-21-24(20,4)13-11-22-23(3)12-10-19(31)15-18(23)9-14-25(21,22)30/h9,16-17,19-22,31H,5-8,10-15,30H2,1-4H3/t16-,17?,19?,20?,21?,22?,23?,24?,25?/m1/s1. The van der Waals surface area contributed by atoms with Crippen LogP contribution in [-0.4, -0.2) is 22.9 Å². The number of aliphatic hydroxyl groups excluding tert-OH is 1. The van der Waals surface area contributed by atoms with E-state index in [1.165, 1.54) is 12.5 Å². The van der Waals surface area contributed by atoms with Gasteiger partial charge in [0.2, 0.25) is 0 Å². The predicted octanol–water partition coefficient (Wildman–Crippen LogP) is 6.62. The van der Waals surface area contributed by atoms with E-state index >= 15 is 0 Å². The van der Waals surface area contributed by atoms with Crippen molar-refractivity contribution in [3.8, 4) is 0 Å². The summed E-state index contributed by atoms with van der Waals surface area (Å²) in [5.41, 5.74) is 8.77. The second-order valence-corrected chi connectivity index (χ2v) is 12.2. The molecule has 0 heterocycles. The highest BCUT2D eigenvalue weighted by molar-refractivity contribution is 5.30. The van der Waals surface area contributed by atoms with E-state index in [4.69, 9.17) is 5.73 Å². The van der Waals surface area contributed by atoms with E-state index in [9.17, 15) is 18.3 Å². The van der Waals surface area contributed by atoms with Gasteiger partial charge in [0.1, 0.15) is 0 Å². The van der Waals surface area contributed by atoms with Crippen LogP contribution in [0.15, 0.2) is 11.6 Å². The summed E-state index contributed by atoms with van der Waals surface area (Å²) in [4.78, 5) is 0. The number of alkyl halides is 3. The van der Waals surface area contributed by atoms with Crippen molar-refractivity contribution in [3.05, 3.63) is 11.6 Å². The molecule has 4 aliphatic rings. The maximum absolute atomic E-state index is 13.0. The summed E-state index contributed by atoms with van der Waals surface area (Å²) < 4.78 is 39.0. The van der Waals surface area contributed by atoms with Crippen molar-refractivity contribution >= 4 is 0 Å². The van der Waals surface area contributed by atoms with Crippen LogP contribution in [0.25, 0.3) is 0 Å². The zero-order chi connectivity index (χ0) is 22.8. The van der Waals surface area contributed by atoms with Crippen molar-refractivity contribution in [2.75, 3.05) is 0 Å². The Bertz CT molecular complexity index is 720. The fraction of sp³-hybridized carbons (Fsp3) is 0.923. The number of halogens is 3. The van der Waals surface area contributed by atoms with Gasteiger partial charge in [0.15, 0.2) is 0 Å². The van der Waals surface area contributed by atoms with Gasteiger partial charge in [-0.15, -0.1) is 0 Å². The molecule has 178 valence electrons. The van der Waals surface area contributed by atoms with Crippen molar-refractivity contribution in [2.24, 2.45) is 46.2 Å². The van der Waals surface area contributed by atoms with Gasteiger partial charge in [0, 0.05) is 5.54 Å². The lowest BCUT2D eigenvalue weighted by atomic mass is 9.44. The lowest BCUT2D eigenvalue weighted by molar-refractivity contribution is -0.172. The third-order valence-corrected chi connectivity index (χ3v) is 10.6. The molecule has 4 aliphatic carbocycles. The molecule has 0 saturated heterocycles. The Kier molecular flexibility index (Phi) is 5.90. The molecule has 5 heteroatoms. The van der Waals surface area contributed by atoms with Crippen molar-refractivity contribution in [1.29, 1.82) is 0 Å². The van der Waals surface area contributed by atoms with Crippen LogP contribution in [0.3, 0.4) is 0 Å². The highest BCUT2D eigenvalue weighted by Gasteiger charge is 2.64. The molecule has 0 radical (unpaired) electrons. The number of rotatable bonds is 4. The van der Waals surface area contributed by atoms with E-state index in [1.54, 1.807) is 0 Å². The first-order valence-corrected chi connectivity index (χ1v) is 12.6. The monoisotopic (exact) mass is 441 g/mol. The summed E-state index contributed by atoms with van der Waals surface area (Å²) in [5, 5.41) is 10.2. The first kappa shape index (κ1) is 23.6. The number of fused-ring (bicyclic) bond motifs is 5. The van der Waals surface area contributed by atoms with Crippen molar-refractivity contribution in [1.82, 2.24) is 0 Å². The lowest BCUT2D eigenvalue weighted by Gasteiger charge is -2.63. The smallest absolute Gasteiger partial charge is 0.391 e. The van der Waals surface area contributed by atoms with E-state index in [0.29, 0.717) is 30.1 Å². The first-order chi connectivity index (χ1) is 14.3. The van der Waals surface area contributed by atoms with Gasteiger partial charge in [-0.05, 0) is 98.7 Å². The van der Waals surface area contributed by atoms with Gasteiger partial charge in [-0.2, -0.15) is 13.2 Å². The van der Waals surface area contributed by atoms with Gasteiger partial charge < -0.3 is 10.8 Å². The fourth-order valence-electron chi connectivity index (χ4n) is 8.71. The number of hydrogen-bond acceptors (Lipinski definition) is 2. The normalized spacial score (nSPS) is 47.1. The Labute approximate surface area is 186 Å². The summed E-state index contributed by atoms with van der Waals surface area (Å²) >= 11 is 0. The molecular weight excluding hydrogens is 399 g/mol. The largest absolute Gasteiger partial charge is 0.393 e. The zero-order valence-corrected chi connectivity index (χ0v) is 19.8. The molecular formula is C26H42F3NO. The maximum Gasteiger partial charge on any atom is 0.391 e. The molecule has 3 saturated carbocycles. The third kappa shape index (κ3) is 3.70. The van der Waals surface area contributed by atoms with Gasteiger partial charge in [-0.25, -0.2) is 0 Å². The van der Waals surface area contributed by atoms with Crippen LogP contribution in [0, 0.1) is 40.4 Å². The Hall–Kier alpha value is -0.550. The highest BCUT2D eigenvalue weighted by Crippen LogP contribution is 2.68. The second kappa shape index (κ2) is 7.75. The molecule has 0 bridgehead atoms. The summed E-state index contributed by atoms with van der Waals surface area (Å²) in [6, 6.07) is 0. The SMILES string of the molecule is CC(CC[C@@H](C)C1CCC2C1(C)CCC1C3(C)CCC(O)CC3=CCC12N)C(F)(F)F. The van der Waals surface area contributed by atoms with Crippen LogP contribution >= 0.6 is 0 Å². The quantitative estimate of drug-likeness (QED) is 0.482. The molecule has 0 aromatic rings. The van der Waals surface area contributed by atoms with E-state index in [2.05, 4.69) is 26.8 Å². The lowest BCUT2D eigenvalue weighted by Crippen LogP contribution is -2.66. The Morgan fingerprint density at radius 2 is 1.77 bits per heavy atom. The molecule has 0 aromatic heterocycles. The average Bonchev–Trinajstić information content (AvgIpc) is 3.04. The Balaban J connectivity index is 1.53. The van der Waals surface area contributed by atoms with Gasteiger partial charge in [0.25, 0.3) is 0 Å². The fourth-order valence-corrected chi connectivity index (χ4v) is 8.71. The van der Waals surface area contributed by atoms with Crippen molar-refractivity contribution < 1.29 is 18.3 Å². The van der Waals surface area contributed by atoms with Crippen LogP contribution in [0.1, 0.15) is 91.9 Å². The van der Waals surface area contributed by atoms with Gasteiger partial charge in [-0.3, -0.25) is 0 Å². The number of aliphatic hydroxyl groups is 1. The second-order valence-electron chi connectivity index (χ2n) is 12.2. The van der Waals surface area contributed by atoms with E-state index < -0.39 is 12.1 Å². The minimum Gasteiger partial charge on any atom is -0.393 e. The van der Waals surface area contributed by atoms with Gasteiger partial charge in [0.05, 0.1) is 12.0 Å². The van der Waals surface area contributed by atoms with Crippen LogP contribution in [-0.2, 0) is 0 Å². The molecule has 3 fully saturated rings. The maximum atomic E-state index is 13.0. The molecule has 9 atom stereocenters. The number of nitrogens with two attached hydrogens (primary N) is 1. The summed E-state index contributed by atoms with van der Waals surface area (Å²) in [5.74, 6) is 0.429. The van der Waals surface area contributed by atoms with Crippen LogP contribution < -0.4 is 5.73 Å². The summed E-state index contributed by atoms with van der Waals surface area (Å²) in [7, 11) is 0. The van der Waals surface area contributed by atoms with Crippen LogP contribution in [0.4, 0.5) is 13.2 Å². The summed E-state index contributed by atoms with van der Waals surface area (Å²) in [6.07, 6.45) is 6.93. The Morgan fingerprint density at radius 3 is 2.45 bits per heavy atom. The van der Waals surface area contributed by atoms with Crippen molar-refractivity contribution in [2.45, 2.75) is 110 Å². The molecule has 8 unspecified atom stereocenters. The first-order valence-electron chi connectivity index (χ1n) is 12.6. The minimum atomic E-state index is -4.09. The van der Waals surface area contributed by atoms with Gasteiger partial charge in [-0.1, -0.05) is 39.3 Å². The molecule has 0 aromatic carbocycles. The third-order valence-electron chi connectivity index (χ3n) is 10.6. The molecule has 0 aliphatic heterocycles. The average molecular weight is 442 g/mol. The van der Waals surface area contributed by atoms with Crippen LogP contribution in [0.5, 0.6) is 0 Å². The number of hydrogen-bond donors (Lipinski definition) is 2. The molecule has 0 spiro atoms. The Morgan fingerprint density at radius 1 is 1.06 bits per heavy atom. The van der Waals surface area contributed by atoms with E-state index in [0.717, 1.165) is 51.4 Å². The predicted molar refractivity (Wildman–Crippen MR) is 118 cm³/mol. The van der Waals surface area contributed by atoms with Gasteiger partial charge >= 0.3 is 6.18 Å².